The lowest BCUT2D eigenvalue weighted by molar-refractivity contribution is -0.142. The highest BCUT2D eigenvalue weighted by atomic mass is 16.5. The van der Waals surface area contributed by atoms with Crippen molar-refractivity contribution in [2.75, 3.05) is 6.61 Å². The third kappa shape index (κ3) is 4.91. The average molecular weight is 279 g/mol. The zero-order chi connectivity index (χ0) is 15.1. The maximum absolute atomic E-state index is 11.7. The standard InChI is InChI=1S/C15H21NO4/c1-4-5-13(15(18)19)16-14(17)9-20-12-7-6-10(2)11(3)8-12/h6-8,13H,4-5,9H2,1-3H3,(H,16,17)(H,18,19)/t13-/m0/s1. The SMILES string of the molecule is CCC[C@H](NC(=O)COc1ccc(C)c(C)c1)C(=O)O. The lowest BCUT2D eigenvalue weighted by Gasteiger charge is -2.14. The van der Waals surface area contributed by atoms with E-state index in [-0.39, 0.29) is 6.61 Å². The Balaban J connectivity index is 2.50. The number of aryl methyl sites for hydroxylation is 2. The molecule has 1 aromatic rings. The molecule has 0 saturated carbocycles. The summed E-state index contributed by atoms with van der Waals surface area (Å²) in [6.07, 6.45) is 1.10. The van der Waals surface area contributed by atoms with Crippen LogP contribution in [0.1, 0.15) is 30.9 Å². The van der Waals surface area contributed by atoms with Crippen molar-refractivity contribution in [3.05, 3.63) is 29.3 Å². The van der Waals surface area contributed by atoms with E-state index in [0.29, 0.717) is 18.6 Å². The van der Waals surface area contributed by atoms with Crippen molar-refractivity contribution < 1.29 is 19.4 Å². The van der Waals surface area contributed by atoms with Crippen LogP contribution in [-0.4, -0.2) is 29.6 Å². The Morgan fingerprint density at radius 2 is 2.00 bits per heavy atom. The van der Waals surface area contributed by atoms with Gasteiger partial charge in [0.1, 0.15) is 11.8 Å². The molecule has 0 aliphatic heterocycles. The van der Waals surface area contributed by atoms with Crippen LogP contribution in [0.25, 0.3) is 0 Å². The number of hydrogen-bond acceptors (Lipinski definition) is 3. The molecule has 0 fully saturated rings. The molecule has 0 bridgehead atoms. The van der Waals surface area contributed by atoms with Gasteiger partial charge in [-0.3, -0.25) is 4.79 Å². The van der Waals surface area contributed by atoms with E-state index >= 15 is 0 Å². The van der Waals surface area contributed by atoms with Crippen molar-refractivity contribution in [3.8, 4) is 5.75 Å². The minimum absolute atomic E-state index is 0.185. The van der Waals surface area contributed by atoms with Gasteiger partial charge >= 0.3 is 5.97 Å². The highest BCUT2D eigenvalue weighted by molar-refractivity contribution is 5.84. The molecule has 0 heterocycles. The van der Waals surface area contributed by atoms with Gasteiger partial charge in [-0.15, -0.1) is 0 Å². The van der Waals surface area contributed by atoms with E-state index in [1.165, 1.54) is 0 Å². The van der Waals surface area contributed by atoms with Gasteiger partial charge in [0.2, 0.25) is 0 Å². The summed E-state index contributed by atoms with van der Waals surface area (Å²) in [5, 5.41) is 11.4. The van der Waals surface area contributed by atoms with Crippen LogP contribution in [0.4, 0.5) is 0 Å². The van der Waals surface area contributed by atoms with Gasteiger partial charge in [0.05, 0.1) is 0 Å². The van der Waals surface area contributed by atoms with Crippen molar-refractivity contribution in [3.63, 3.8) is 0 Å². The van der Waals surface area contributed by atoms with E-state index in [0.717, 1.165) is 11.1 Å². The van der Waals surface area contributed by atoms with Crippen molar-refractivity contribution in [2.45, 2.75) is 39.7 Å². The number of amides is 1. The first-order valence-corrected chi connectivity index (χ1v) is 6.66. The minimum atomic E-state index is -1.02. The van der Waals surface area contributed by atoms with Crippen LogP contribution in [0.2, 0.25) is 0 Å². The molecule has 0 spiro atoms. The molecule has 20 heavy (non-hydrogen) atoms. The fourth-order valence-corrected chi connectivity index (χ4v) is 1.73. The first kappa shape index (κ1) is 16.0. The van der Waals surface area contributed by atoms with E-state index < -0.39 is 17.9 Å². The van der Waals surface area contributed by atoms with E-state index in [1.54, 1.807) is 6.07 Å². The minimum Gasteiger partial charge on any atom is -0.484 e. The van der Waals surface area contributed by atoms with Crippen LogP contribution in [0.3, 0.4) is 0 Å². The van der Waals surface area contributed by atoms with Crippen LogP contribution < -0.4 is 10.1 Å². The molecule has 0 aromatic heterocycles. The Kier molecular flexibility index (Phi) is 6.03. The Hall–Kier alpha value is -2.04. The molecule has 1 rings (SSSR count). The van der Waals surface area contributed by atoms with E-state index in [2.05, 4.69) is 5.32 Å². The highest BCUT2D eigenvalue weighted by Crippen LogP contribution is 2.16. The van der Waals surface area contributed by atoms with Gasteiger partial charge < -0.3 is 15.2 Å². The Morgan fingerprint density at radius 1 is 1.30 bits per heavy atom. The van der Waals surface area contributed by atoms with Crippen LogP contribution in [0.15, 0.2) is 18.2 Å². The third-order valence-corrected chi connectivity index (χ3v) is 3.06. The third-order valence-electron chi connectivity index (χ3n) is 3.06. The second-order valence-electron chi connectivity index (χ2n) is 4.78. The molecule has 110 valence electrons. The molecular weight excluding hydrogens is 258 g/mol. The molecule has 0 radical (unpaired) electrons. The lowest BCUT2D eigenvalue weighted by Crippen LogP contribution is -2.42. The van der Waals surface area contributed by atoms with Gasteiger partial charge in [-0.2, -0.15) is 0 Å². The first-order valence-electron chi connectivity index (χ1n) is 6.66. The van der Waals surface area contributed by atoms with Crippen molar-refractivity contribution in [2.24, 2.45) is 0 Å². The number of nitrogens with one attached hydrogen (secondary N) is 1. The smallest absolute Gasteiger partial charge is 0.326 e. The predicted molar refractivity (Wildman–Crippen MR) is 75.9 cm³/mol. The van der Waals surface area contributed by atoms with Gasteiger partial charge in [0.15, 0.2) is 6.61 Å². The number of carbonyl (C=O) groups is 2. The number of hydrogen-bond donors (Lipinski definition) is 2. The van der Waals surface area contributed by atoms with Gasteiger partial charge in [0.25, 0.3) is 5.91 Å². The normalized spacial score (nSPS) is 11.8. The van der Waals surface area contributed by atoms with Crippen LogP contribution in [0.5, 0.6) is 5.75 Å². The fourth-order valence-electron chi connectivity index (χ4n) is 1.73. The first-order chi connectivity index (χ1) is 9.43. The highest BCUT2D eigenvalue weighted by Gasteiger charge is 2.18. The van der Waals surface area contributed by atoms with Gasteiger partial charge in [-0.25, -0.2) is 4.79 Å². The van der Waals surface area contributed by atoms with Crippen LogP contribution >= 0.6 is 0 Å². The lowest BCUT2D eigenvalue weighted by atomic mass is 10.1. The Morgan fingerprint density at radius 3 is 2.55 bits per heavy atom. The summed E-state index contributed by atoms with van der Waals surface area (Å²) < 4.78 is 5.36. The van der Waals surface area contributed by atoms with Gasteiger partial charge in [-0.1, -0.05) is 19.4 Å². The number of aliphatic carboxylic acids is 1. The molecule has 5 heteroatoms. The van der Waals surface area contributed by atoms with E-state index in [9.17, 15) is 9.59 Å². The van der Waals surface area contributed by atoms with E-state index in [4.69, 9.17) is 9.84 Å². The number of carbonyl (C=O) groups excluding carboxylic acids is 1. The summed E-state index contributed by atoms with van der Waals surface area (Å²) in [4.78, 5) is 22.6. The molecule has 0 saturated heterocycles. The predicted octanol–water partition coefficient (Wildman–Crippen LogP) is 2.05. The summed E-state index contributed by atoms with van der Waals surface area (Å²) in [6, 6.07) is 4.70. The molecule has 0 unspecified atom stereocenters. The summed E-state index contributed by atoms with van der Waals surface area (Å²) >= 11 is 0. The number of rotatable bonds is 7. The van der Waals surface area contributed by atoms with Crippen molar-refractivity contribution in [1.82, 2.24) is 5.32 Å². The summed E-state index contributed by atoms with van der Waals surface area (Å²) in [5.74, 6) is -0.846. The largest absolute Gasteiger partial charge is 0.484 e. The van der Waals surface area contributed by atoms with Gasteiger partial charge in [0, 0.05) is 0 Å². The summed E-state index contributed by atoms with van der Waals surface area (Å²) in [6.45, 7) is 5.64. The number of carboxylic acids is 1. The molecule has 1 amide bonds. The second-order valence-corrected chi connectivity index (χ2v) is 4.78. The van der Waals surface area contributed by atoms with Crippen molar-refractivity contribution >= 4 is 11.9 Å². The molecule has 0 aliphatic rings. The maximum atomic E-state index is 11.7. The molecule has 0 aliphatic carbocycles. The quantitative estimate of drug-likeness (QED) is 0.801. The van der Waals surface area contributed by atoms with Gasteiger partial charge in [-0.05, 0) is 43.5 Å². The monoisotopic (exact) mass is 279 g/mol. The van der Waals surface area contributed by atoms with Crippen LogP contribution in [0, 0.1) is 13.8 Å². The molecule has 1 aromatic carbocycles. The number of carboxylic acid groups (broad SMARTS) is 1. The number of ether oxygens (including phenoxy) is 1. The Bertz CT molecular complexity index is 485. The molecule has 5 nitrogen and oxygen atoms in total. The summed E-state index contributed by atoms with van der Waals surface area (Å²) in [7, 11) is 0. The molecule has 2 N–H and O–H groups in total. The molecule has 1 atom stereocenters. The van der Waals surface area contributed by atoms with Crippen LogP contribution in [-0.2, 0) is 9.59 Å². The second kappa shape index (κ2) is 7.53. The zero-order valence-corrected chi connectivity index (χ0v) is 12.1. The average Bonchev–Trinajstić information content (AvgIpc) is 2.39. The topological polar surface area (TPSA) is 75.6 Å². The molecular formula is C15H21NO4. The summed E-state index contributed by atoms with van der Waals surface area (Å²) in [5.41, 5.74) is 2.23. The van der Waals surface area contributed by atoms with E-state index in [1.807, 2.05) is 32.9 Å². The maximum Gasteiger partial charge on any atom is 0.326 e. The van der Waals surface area contributed by atoms with Crippen molar-refractivity contribution in [1.29, 1.82) is 0 Å². The Labute approximate surface area is 118 Å². The number of benzene rings is 1. The fraction of sp³-hybridized carbons (Fsp3) is 0.467. The zero-order valence-electron chi connectivity index (χ0n) is 12.1.